The smallest absolute Gasteiger partial charge is 0.0810 e. The van der Waals surface area contributed by atoms with Gasteiger partial charge in [-0.3, -0.25) is 0 Å². The SMILES string of the molecule is CCCNCC1(OC(C)CC)CCC(CC)CC1. The molecule has 0 amide bonds. The highest BCUT2D eigenvalue weighted by molar-refractivity contribution is 4.89. The van der Waals surface area contributed by atoms with Gasteiger partial charge >= 0.3 is 0 Å². The molecular formula is C16H33NO. The van der Waals surface area contributed by atoms with Crippen molar-refractivity contribution in [3.8, 4) is 0 Å². The van der Waals surface area contributed by atoms with Crippen LogP contribution in [0.5, 0.6) is 0 Å². The Bertz CT molecular complexity index is 204. The lowest BCUT2D eigenvalue weighted by Gasteiger charge is -2.42. The zero-order chi connectivity index (χ0) is 13.4. The fourth-order valence-corrected chi connectivity index (χ4v) is 2.95. The number of ether oxygens (including phenoxy) is 1. The summed E-state index contributed by atoms with van der Waals surface area (Å²) >= 11 is 0. The predicted molar refractivity (Wildman–Crippen MR) is 79.0 cm³/mol. The summed E-state index contributed by atoms with van der Waals surface area (Å²) in [6.07, 6.45) is 9.23. The Morgan fingerprint density at radius 1 is 1.22 bits per heavy atom. The summed E-state index contributed by atoms with van der Waals surface area (Å²) in [5, 5.41) is 3.58. The Kier molecular flexibility index (Phi) is 7.25. The number of hydrogen-bond acceptors (Lipinski definition) is 2. The van der Waals surface area contributed by atoms with E-state index in [1.807, 2.05) is 0 Å². The van der Waals surface area contributed by atoms with Crippen LogP contribution < -0.4 is 5.32 Å². The summed E-state index contributed by atoms with van der Waals surface area (Å²) in [5.41, 5.74) is 0.121. The van der Waals surface area contributed by atoms with E-state index in [0.717, 1.165) is 25.4 Å². The van der Waals surface area contributed by atoms with Crippen molar-refractivity contribution in [1.82, 2.24) is 5.32 Å². The van der Waals surface area contributed by atoms with Crippen LogP contribution in [0.25, 0.3) is 0 Å². The average molecular weight is 255 g/mol. The Labute approximate surface area is 114 Å². The third-order valence-electron chi connectivity index (χ3n) is 4.49. The maximum Gasteiger partial charge on any atom is 0.0810 e. The molecule has 1 unspecified atom stereocenters. The molecule has 1 rings (SSSR count). The van der Waals surface area contributed by atoms with E-state index < -0.39 is 0 Å². The molecule has 2 heteroatoms. The number of hydrogen-bond donors (Lipinski definition) is 1. The van der Waals surface area contributed by atoms with Crippen LogP contribution in [0.2, 0.25) is 0 Å². The summed E-state index contributed by atoms with van der Waals surface area (Å²) < 4.78 is 6.40. The van der Waals surface area contributed by atoms with E-state index >= 15 is 0 Å². The molecule has 1 atom stereocenters. The average Bonchev–Trinajstić information content (AvgIpc) is 2.40. The van der Waals surface area contributed by atoms with Crippen molar-refractivity contribution in [2.24, 2.45) is 5.92 Å². The third-order valence-corrected chi connectivity index (χ3v) is 4.49. The zero-order valence-corrected chi connectivity index (χ0v) is 12.9. The van der Waals surface area contributed by atoms with Gasteiger partial charge in [-0.1, -0.05) is 27.2 Å². The first kappa shape index (κ1) is 16.0. The zero-order valence-electron chi connectivity index (χ0n) is 12.9. The van der Waals surface area contributed by atoms with Gasteiger partial charge < -0.3 is 10.1 Å². The molecule has 1 aliphatic carbocycles. The fourth-order valence-electron chi connectivity index (χ4n) is 2.95. The van der Waals surface area contributed by atoms with Crippen LogP contribution in [0.3, 0.4) is 0 Å². The normalized spacial score (nSPS) is 30.3. The number of rotatable bonds is 8. The molecule has 1 fully saturated rings. The van der Waals surface area contributed by atoms with Crippen molar-refractivity contribution < 1.29 is 4.74 Å². The van der Waals surface area contributed by atoms with Gasteiger partial charge in [-0.2, -0.15) is 0 Å². The van der Waals surface area contributed by atoms with E-state index in [0.29, 0.717) is 6.10 Å². The van der Waals surface area contributed by atoms with Gasteiger partial charge in [0, 0.05) is 6.54 Å². The van der Waals surface area contributed by atoms with Gasteiger partial charge in [0.05, 0.1) is 11.7 Å². The molecule has 1 aliphatic rings. The first-order valence-corrected chi connectivity index (χ1v) is 8.04. The van der Waals surface area contributed by atoms with Gasteiger partial charge in [0.2, 0.25) is 0 Å². The standard InChI is InChI=1S/C16H33NO/c1-5-12-17-13-16(18-14(4)6-2)10-8-15(7-3)9-11-16/h14-15,17H,5-13H2,1-4H3. The monoisotopic (exact) mass is 255 g/mol. The van der Waals surface area contributed by atoms with Crippen LogP contribution in [0, 0.1) is 5.92 Å². The minimum atomic E-state index is 0.121. The lowest BCUT2D eigenvalue weighted by atomic mass is 9.77. The van der Waals surface area contributed by atoms with Crippen molar-refractivity contribution in [1.29, 1.82) is 0 Å². The molecule has 0 saturated heterocycles. The summed E-state index contributed by atoms with van der Waals surface area (Å²) in [6.45, 7) is 11.1. The summed E-state index contributed by atoms with van der Waals surface area (Å²) in [7, 11) is 0. The molecule has 18 heavy (non-hydrogen) atoms. The second-order valence-corrected chi connectivity index (χ2v) is 6.05. The lowest BCUT2D eigenvalue weighted by molar-refractivity contribution is -0.112. The Hall–Kier alpha value is -0.0800. The third kappa shape index (κ3) is 4.89. The quantitative estimate of drug-likeness (QED) is 0.658. The maximum absolute atomic E-state index is 6.40. The van der Waals surface area contributed by atoms with E-state index in [2.05, 4.69) is 33.0 Å². The Morgan fingerprint density at radius 3 is 2.39 bits per heavy atom. The molecule has 0 aromatic heterocycles. The maximum atomic E-state index is 6.40. The molecule has 0 heterocycles. The summed E-state index contributed by atoms with van der Waals surface area (Å²) in [4.78, 5) is 0. The van der Waals surface area contributed by atoms with Crippen molar-refractivity contribution in [3.05, 3.63) is 0 Å². The van der Waals surface area contributed by atoms with E-state index in [1.54, 1.807) is 0 Å². The minimum absolute atomic E-state index is 0.121. The van der Waals surface area contributed by atoms with Crippen LogP contribution in [-0.4, -0.2) is 24.8 Å². The van der Waals surface area contributed by atoms with Gasteiger partial charge in [-0.15, -0.1) is 0 Å². The van der Waals surface area contributed by atoms with Gasteiger partial charge in [-0.25, -0.2) is 0 Å². The topological polar surface area (TPSA) is 21.3 Å². The van der Waals surface area contributed by atoms with Gasteiger partial charge in [0.25, 0.3) is 0 Å². The van der Waals surface area contributed by atoms with E-state index in [1.165, 1.54) is 38.5 Å². The highest BCUT2D eigenvalue weighted by atomic mass is 16.5. The molecular weight excluding hydrogens is 222 g/mol. The largest absolute Gasteiger partial charge is 0.371 e. The molecule has 0 bridgehead atoms. The van der Waals surface area contributed by atoms with E-state index in [9.17, 15) is 0 Å². The molecule has 1 saturated carbocycles. The molecule has 0 radical (unpaired) electrons. The summed E-state index contributed by atoms with van der Waals surface area (Å²) in [6, 6.07) is 0. The Morgan fingerprint density at radius 2 is 1.89 bits per heavy atom. The van der Waals surface area contributed by atoms with E-state index in [4.69, 9.17) is 4.74 Å². The van der Waals surface area contributed by atoms with Gasteiger partial charge in [0.1, 0.15) is 0 Å². The van der Waals surface area contributed by atoms with Crippen LogP contribution in [0.15, 0.2) is 0 Å². The predicted octanol–water partition coefficient (Wildman–Crippen LogP) is 4.14. The van der Waals surface area contributed by atoms with Crippen molar-refractivity contribution in [2.75, 3.05) is 13.1 Å². The Balaban J connectivity index is 2.52. The van der Waals surface area contributed by atoms with Crippen LogP contribution in [0.4, 0.5) is 0 Å². The lowest BCUT2D eigenvalue weighted by Crippen LogP contribution is -2.47. The fraction of sp³-hybridized carbons (Fsp3) is 1.00. The molecule has 0 spiro atoms. The first-order chi connectivity index (χ1) is 8.65. The molecule has 108 valence electrons. The second-order valence-electron chi connectivity index (χ2n) is 6.05. The molecule has 0 aromatic carbocycles. The second kappa shape index (κ2) is 8.16. The van der Waals surface area contributed by atoms with Crippen molar-refractivity contribution in [2.45, 2.75) is 84.3 Å². The van der Waals surface area contributed by atoms with Crippen LogP contribution >= 0.6 is 0 Å². The molecule has 1 N–H and O–H groups in total. The van der Waals surface area contributed by atoms with E-state index in [-0.39, 0.29) is 5.60 Å². The molecule has 0 aromatic rings. The number of nitrogens with one attached hydrogen (secondary N) is 1. The molecule has 2 nitrogen and oxygen atoms in total. The van der Waals surface area contributed by atoms with Crippen LogP contribution in [-0.2, 0) is 4.74 Å². The first-order valence-electron chi connectivity index (χ1n) is 8.04. The van der Waals surface area contributed by atoms with Gasteiger partial charge in [0.15, 0.2) is 0 Å². The minimum Gasteiger partial charge on any atom is -0.371 e. The highest BCUT2D eigenvalue weighted by Crippen LogP contribution is 2.37. The van der Waals surface area contributed by atoms with Crippen molar-refractivity contribution in [3.63, 3.8) is 0 Å². The van der Waals surface area contributed by atoms with Crippen molar-refractivity contribution >= 4 is 0 Å². The highest BCUT2D eigenvalue weighted by Gasteiger charge is 2.36. The van der Waals surface area contributed by atoms with Gasteiger partial charge in [-0.05, 0) is 57.9 Å². The van der Waals surface area contributed by atoms with Crippen LogP contribution in [0.1, 0.15) is 72.6 Å². The summed E-state index contributed by atoms with van der Waals surface area (Å²) in [5.74, 6) is 0.935. The molecule has 0 aliphatic heterocycles.